The van der Waals surface area contributed by atoms with Crippen LogP contribution < -0.4 is 5.73 Å². The van der Waals surface area contributed by atoms with Gasteiger partial charge in [-0.3, -0.25) is 4.79 Å². The van der Waals surface area contributed by atoms with Crippen molar-refractivity contribution in [3.63, 3.8) is 0 Å². The summed E-state index contributed by atoms with van der Waals surface area (Å²) < 4.78 is 1.93. The van der Waals surface area contributed by atoms with Gasteiger partial charge in [-0.1, -0.05) is 24.3 Å². The lowest BCUT2D eigenvalue weighted by atomic mass is 10.0. The Morgan fingerprint density at radius 3 is 2.61 bits per heavy atom. The number of hydrogen-bond donors (Lipinski definition) is 2. The summed E-state index contributed by atoms with van der Waals surface area (Å²) in [6.45, 7) is 0. The molecule has 0 spiro atoms. The first-order valence-corrected chi connectivity index (χ1v) is 5.63. The Morgan fingerprint density at radius 2 is 2.11 bits per heavy atom. The number of rotatable bonds is 4. The fourth-order valence-corrected chi connectivity index (χ4v) is 1.77. The number of carbonyl (C=O) groups is 1. The van der Waals surface area contributed by atoms with Crippen molar-refractivity contribution in [2.45, 2.75) is 12.5 Å². The van der Waals surface area contributed by atoms with Crippen molar-refractivity contribution in [3.05, 3.63) is 42.2 Å². The van der Waals surface area contributed by atoms with Crippen LogP contribution in [0.25, 0.3) is 11.4 Å². The van der Waals surface area contributed by atoms with E-state index < -0.39 is 12.0 Å². The zero-order valence-corrected chi connectivity index (χ0v) is 10.1. The molecular formula is C13H15N3O2. The maximum atomic E-state index is 10.7. The van der Waals surface area contributed by atoms with Crippen molar-refractivity contribution in [1.29, 1.82) is 0 Å². The summed E-state index contributed by atoms with van der Waals surface area (Å²) in [5.41, 5.74) is 7.39. The van der Waals surface area contributed by atoms with Crippen molar-refractivity contribution in [2.24, 2.45) is 12.8 Å². The molecule has 3 N–H and O–H groups in total. The molecule has 2 rings (SSSR count). The minimum absolute atomic E-state index is 0.330. The van der Waals surface area contributed by atoms with E-state index in [0.717, 1.165) is 17.0 Å². The molecule has 1 heterocycles. The molecule has 18 heavy (non-hydrogen) atoms. The molecule has 5 nitrogen and oxygen atoms in total. The second-order valence-electron chi connectivity index (χ2n) is 4.21. The molecule has 2 aromatic rings. The molecule has 94 valence electrons. The number of imidazole rings is 1. The number of aromatic nitrogens is 2. The molecule has 0 bridgehead atoms. The van der Waals surface area contributed by atoms with E-state index in [2.05, 4.69) is 4.98 Å². The number of carboxylic acid groups (broad SMARTS) is 1. The summed E-state index contributed by atoms with van der Waals surface area (Å²) in [6, 6.07) is 6.75. The Hall–Kier alpha value is -2.14. The predicted molar refractivity (Wildman–Crippen MR) is 68.0 cm³/mol. The van der Waals surface area contributed by atoms with E-state index in [-0.39, 0.29) is 0 Å². The fourth-order valence-electron chi connectivity index (χ4n) is 1.77. The maximum Gasteiger partial charge on any atom is 0.320 e. The van der Waals surface area contributed by atoms with Crippen LogP contribution in [0.3, 0.4) is 0 Å². The Labute approximate surface area is 105 Å². The summed E-state index contributed by atoms with van der Waals surface area (Å²) >= 11 is 0. The Morgan fingerprint density at radius 1 is 1.44 bits per heavy atom. The highest BCUT2D eigenvalue weighted by molar-refractivity contribution is 5.73. The first kappa shape index (κ1) is 12.3. The number of nitrogens with two attached hydrogens (primary N) is 1. The highest BCUT2D eigenvalue weighted by Gasteiger charge is 2.12. The lowest BCUT2D eigenvalue weighted by Crippen LogP contribution is -2.32. The normalized spacial score (nSPS) is 12.3. The summed E-state index contributed by atoms with van der Waals surface area (Å²) in [6.07, 6.45) is 3.95. The number of benzene rings is 1. The molecule has 0 saturated heterocycles. The molecule has 0 radical (unpaired) electrons. The molecule has 0 aliphatic rings. The summed E-state index contributed by atoms with van der Waals surface area (Å²) in [5.74, 6) is -0.104. The molecule has 5 heteroatoms. The van der Waals surface area contributed by atoms with Gasteiger partial charge >= 0.3 is 5.97 Å². The van der Waals surface area contributed by atoms with Crippen LogP contribution in [0.1, 0.15) is 5.56 Å². The Kier molecular flexibility index (Phi) is 3.43. The molecule has 1 aromatic heterocycles. The molecule has 0 aliphatic carbocycles. The first-order valence-electron chi connectivity index (χ1n) is 5.63. The number of carboxylic acids is 1. The summed E-state index contributed by atoms with van der Waals surface area (Å²) in [4.78, 5) is 14.9. The molecular weight excluding hydrogens is 230 g/mol. The van der Waals surface area contributed by atoms with E-state index in [0.29, 0.717) is 6.42 Å². The van der Waals surface area contributed by atoms with Crippen LogP contribution in [0.15, 0.2) is 36.7 Å². The van der Waals surface area contributed by atoms with Gasteiger partial charge in [0.05, 0.1) is 0 Å². The smallest absolute Gasteiger partial charge is 0.320 e. The van der Waals surface area contributed by atoms with Gasteiger partial charge in [-0.25, -0.2) is 4.98 Å². The number of aliphatic carboxylic acids is 1. The van der Waals surface area contributed by atoms with Crippen molar-refractivity contribution >= 4 is 5.97 Å². The standard InChI is InChI=1S/C13H15N3O2/c1-16-7-6-15-12(16)10-4-2-9(3-5-10)8-11(14)13(17)18/h2-7,11H,8,14H2,1H3,(H,17,18)/t11-/m0/s1. The number of aryl methyl sites for hydroxylation is 1. The average molecular weight is 245 g/mol. The quantitative estimate of drug-likeness (QED) is 0.843. The lowest BCUT2D eigenvalue weighted by molar-refractivity contribution is -0.138. The fraction of sp³-hybridized carbons (Fsp3) is 0.231. The molecule has 0 saturated carbocycles. The zero-order valence-electron chi connectivity index (χ0n) is 10.1. The molecule has 0 unspecified atom stereocenters. The lowest BCUT2D eigenvalue weighted by Gasteiger charge is -2.07. The van der Waals surface area contributed by atoms with E-state index in [1.54, 1.807) is 6.20 Å². The van der Waals surface area contributed by atoms with Crippen molar-refractivity contribution in [2.75, 3.05) is 0 Å². The van der Waals surface area contributed by atoms with Gasteiger partial charge in [0.15, 0.2) is 0 Å². The second-order valence-corrected chi connectivity index (χ2v) is 4.21. The van der Waals surface area contributed by atoms with Gasteiger partial charge in [0, 0.05) is 25.0 Å². The average Bonchev–Trinajstić information content (AvgIpc) is 2.76. The Balaban J connectivity index is 2.16. The van der Waals surface area contributed by atoms with Crippen LogP contribution in [0.4, 0.5) is 0 Å². The van der Waals surface area contributed by atoms with E-state index in [1.165, 1.54) is 0 Å². The van der Waals surface area contributed by atoms with Crippen LogP contribution in [0.2, 0.25) is 0 Å². The monoisotopic (exact) mass is 245 g/mol. The van der Waals surface area contributed by atoms with E-state index >= 15 is 0 Å². The minimum Gasteiger partial charge on any atom is -0.480 e. The predicted octanol–water partition coefficient (Wildman–Crippen LogP) is 1.04. The van der Waals surface area contributed by atoms with Gasteiger partial charge in [0.1, 0.15) is 11.9 Å². The zero-order chi connectivity index (χ0) is 13.1. The first-order chi connectivity index (χ1) is 8.58. The van der Waals surface area contributed by atoms with Gasteiger partial charge in [0.25, 0.3) is 0 Å². The van der Waals surface area contributed by atoms with Crippen LogP contribution in [-0.4, -0.2) is 26.7 Å². The third kappa shape index (κ3) is 2.57. The summed E-state index contributed by atoms with van der Waals surface area (Å²) in [5, 5.41) is 8.75. The van der Waals surface area contributed by atoms with Crippen molar-refractivity contribution in [3.8, 4) is 11.4 Å². The van der Waals surface area contributed by atoms with E-state index in [1.807, 2.05) is 42.1 Å². The van der Waals surface area contributed by atoms with Crippen LogP contribution in [-0.2, 0) is 18.3 Å². The number of nitrogens with zero attached hydrogens (tertiary/aromatic N) is 2. The molecule has 1 atom stereocenters. The maximum absolute atomic E-state index is 10.7. The van der Waals surface area contributed by atoms with Gasteiger partial charge in [-0.05, 0) is 12.0 Å². The molecule has 0 amide bonds. The highest BCUT2D eigenvalue weighted by Crippen LogP contribution is 2.17. The minimum atomic E-state index is -0.983. The third-order valence-corrected chi connectivity index (χ3v) is 2.81. The van der Waals surface area contributed by atoms with Gasteiger partial charge < -0.3 is 15.4 Å². The molecule has 0 aliphatic heterocycles. The van der Waals surface area contributed by atoms with Crippen LogP contribution in [0.5, 0.6) is 0 Å². The largest absolute Gasteiger partial charge is 0.480 e. The molecule has 1 aromatic carbocycles. The van der Waals surface area contributed by atoms with Gasteiger partial charge in [-0.2, -0.15) is 0 Å². The van der Waals surface area contributed by atoms with E-state index in [4.69, 9.17) is 10.8 Å². The molecule has 0 fully saturated rings. The van der Waals surface area contributed by atoms with E-state index in [9.17, 15) is 4.79 Å². The topological polar surface area (TPSA) is 81.1 Å². The number of hydrogen-bond acceptors (Lipinski definition) is 3. The van der Waals surface area contributed by atoms with Crippen molar-refractivity contribution in [1.82, 2.24) is 9.55 Å². The third-order valence-electron chi connectivity index (χ3n) is 2.81. The van der Waals surface area contributed by atoms with Gasteiger partial charge in [-0.15, -0.1) is 0 Å². The van der Waals surface area contributed by atoms with Crippen LogP contribution >= 0.6 is 0 Å². The highest BCUT2D eigenvalue weighted by atomic mass is 16.4. The SMILES string of the molecule is Cn1ccnc1-c1ccc(C[C@H](N)C(=O)O)cc1. The summed E-state index contributed by atoms with van der Waals surface area (Å²) in [7, 11) is 1.93. The second kappa shape index (κ2) is 5.01. The Bertz CT molecular complexity index is 546. The van der Waals surface area contributed by atoms with Crippen LogP contribution in [0, 0.1) is 0 Å². The van der Waals surface area contributed by atoms with Gasteiger partial charge in [0.2, 0.25) is 0 Å². The van der Waals surface area contributed by atoms with Crippen molar-refractivity contribution < 1.29 is 9.90 Å².